The van der Waals surface area contributed by atoms with E-state index >= 15 is 0 Å². The molecule has 1 saturated carbocycles. The summed E-state index contributed by atoms with van der Waals surface area (Å²) >= 11 is 0. The van der Waals surface area contributed by atoms with Gasteiger partial charge in [0.05, 0.1) is 36.8 Å². The second-order valence-corrected chi connectivity index (χ2v) is 6.99. The van der Waals surface area contributed by atoms with Crippen molar-refractivity contribution in [2.45, 2.75) is 32.0 Å². The van der Waals surface area contributed by atoms with E-state index in [2.05, 4.69) is 9.97 Å². The number of Topliss-reactive ketones (excluding diaryl/α,β-unsaturated/α-hetero) is 2. The molecule has 2 N–H and O–H groups in total. The molecule has 0 bridgehead atoms. The van der Waals surface area contributed by atoms with Gasteiger partial charge in [-0.3, -0.25) is 9.59 Å². The highest BCUT2D eigenvalue weighted by Gasteiger charge is 2.35. The Morgan fingerprint density at radius 2 is 2.00 bits per heavy atom. The summed E-state index contributed by atoms with van der Waals surface area (Å²) in [6, 6.07) is 8.53. The van der Waals surface area contributed by atoms with Crippen LogP contribution in [0.1, 0.15) is 35.2 Å². The summed E-state index contributed by atoms with van der Waals surface area (Å²) in [7, 11) is 1.52. The largest absolute Gasteiger partial charge is 0.494 e. The fraction of sp³-hybridized carbons (Fsp3) is 0.333. The summed E-state index contributed by atoms with van der Waals surface area (Å²) in [5.41, 5.74) is 2.86. The summed E-state index contributed by atoms with van der Waals surface area (Å²) in [6.07, 6.45) is -0.115. The fourth-order valence-corrected chi connectivity index (χ4v) is 3.78. The molecule has 7 nitrogen and oxygen atoms in total. The summed E-state index contributed by atoms with van der Waals surface area (Å²) in [6.45, 7) is -0.193. The van der Waals surface area contributed by atoms with Crippen LogP contribution >= 0.6 is 0 Å². The molecule has 1 aliphatic rings. The molecule has 1 aromatic heterocycles. The van der Waals surface area contributed by atoms with Crippen molar-refractivity contribution in [1.29, 1.82) is 0 Å². The van der Waals surface area contributed by atoms with Crippen LogP contribution in [0.5, 0.6) is 5.75 Å². The smallest absolute Gasteiger partial charge is 0.165 e. The number of benzene rings is 2. The van der Waals surface area contributed by atoms with Crippen molar-refractivity contribution in [1.82, 2.24) is 9.97 Å². The van der Waals surface area contributed by atoms with Crippen LogP contribution in [0.15, 0.2) is 30.3 Å². The lowest BCUT2D eigenvalue weighted by Gasteiger charge is -2.14. The lowest BCUT2D eigenvalue weighted by Crippen LogP contribution is -2.22. The molecule has 0 aliphatic heterocycles. The molecule has 0 saturated heterocycles. The van der Waals surface area contributed by atoms with Gasteiger partial charge in [-0.2, -0.15) is 0 Å². The molecule has 144 valence electrons. The van der Waals surface area contributed by atoms with Crippen LogP contribution in [-0.4, -0.2) is 45.0 Å². The average molecular weight is 380 g/mol. The number of nitrogens with zero attached hydrogens (tertiary/aromatic N) is 2. The van der Waals surface area contributed by atoms with E-state index in [0.717, 1.165) is 0 Å². The van der Waals surface area contributed by atoms with Gasteiger partial charge in [0.25, 0.3) is 0 Å². The molecule has 2 unspecified atom stereocenters. The maximum atomic E-state index is 12.9. The van der Waals surface area contributed by atoms with Crippen molar-refractivity contribution in [3.05, 3.63) is 41.5 Å². The zero-order valence-electron chi connectivity index (χ0n) is 15.4. The van der Waals surface area contributed by atoms with Crippen LogP contribution in [0.2, 0.25) is 0 Å². The fourth-order valence-electron chi connectivity index (χ4n) is 3.78. The van der Waals surface area contributed by atoms with Crippen molar-refractivity contribution < 1.29 is 24.5 Å². The van der Waals surface area contributed by atoms with Gasteiger partial charge in [0.1, 0.15) is 22.6 Å². The quantitative estimate of drug-likeness (QED) is 0.516. The molecule has 1 aliphatic carbocycles. The number of aromatic nitrogens is 2. The number of methoxy groups -OCH3 is 1. The minimum atomic E-state index is -0.773. The predicted molar refractivity (Wildman–Crippen MR) is 102 cm³/mol. The SMILES string of the molecule is COc1ccc(CO)c2nc3cccc(C(=O)CC4C(=O)CCC4O)c3nc12. The van der Waals surface area contributed by atoms with Crippen LogP contribution in [0, 0.1) is 5.92 Å². The van der Waals surface area contributed by atoms with E-state index in [-0.39, 0.29) is 24.6 Å². The number of rotatable bonds is 5. The molecule has 1 heterocycles. The van der Waals surface area contributed by atoms with Crippen molar-refractivity contribution in [3.8, 4) is 5.75 Å². The molecule has 2 atom stereocenters. The van der Waals surface area contributed by atoms with Crippen LogP contribution in [0.4, 0.5) is 0 Å². The van der Waals surface area contributed by atoms with E-state index in [4.69, 9.17) is 4.74 Å². The second kappa shape index (κ2) is 7.26. The highest BCUT2D eigenvalue weighted by atomic mass is 16.5. The zero-order valence-corrected chi connectivity index (χ0v) is 15.4. The number of fused-ring (bicyclic) bond motifs is 2. The zero-order chi connectivity index (χ0) is 19.8. The topological polar surface area (TPSA) is 110 Å². The Bertz CT molecular complexity index is 1100. The summed E-state index contributed by atoms with van der Waals surface area (Å²) in [5.74, 6) is -0.500. The second-order valence-electron chi connectivity index (χ2n) is 6.99. The van der Waals surface area contributed by atoms with Crippen molar-refractivity contribution in [2.24, 2.45) is 5.92 Å². The van der Waals surface area contributed by atoms with Gasteiger partial charge in [-0.25, -0.2) is 9.97 Å². The summed E-state index contributed by atoms with van der Waals surface area (Å²) in [4.78, 5) is 34.1. The molecular weight excluding hydrogens is 360 g/mol. The van der Waals surface area contributed by atoms with E-state index in [1.807, 2.05) is 0 Å². The lowest BCUT2D eigenvalue weighted by molar-refractivity contribution is -0.121. The molecule has 0 radical (unpaired) electrons. The first-order valence-corrected chi connectivity index (χ1v) is 9.14. The number of aliphatic hydroxyl groups excluding tert-OH is 2. The Morgan fingerprint density at radius 3 is 2.68 bits per heavy atom. The van der Waals surface area contributed by atoms with Gasteiger partial charge in [0.2, 0.25) is 0 Å². The maximum Gasteiger partial charge on any atom is 0.165 e. The molecule has 4 rings (SSSR count). The predicted octanol–water partition coefficient (Wildman–Crippen LogP) is 2.20. The van der Waals surface area contributed by atoms with Gasteiger partial charge in [-0.1, -0.05) is 12.1 Å². The first-order chi connectivity index (χ1) is 13.5. The number of aliphatic hydroxyl groups is 2. The van der Waals surface area contributed by atoms with E-state index in [0.29, 0.717) is 51.8 Å². The van der Waals surface area contributed by atoms with E-state index in [9.17, 15) is 19.8 Å². The first kappa shape index (κ1) is 18.5. The minimum Gasteiger partial charge on any atom is -0.494 e. The highest BCUT2D eigenvalue weighted by Crippen LogP contribution is 2.31. The normalized spacial score (nSPS) is 19.5. The Hall–Kier alpha value is -2.90. The number of hydrogen-bond acceptors (Lipinski definition) is 7. The van der Waals surface area contributed by atoms with Crippen molar-refractivity contribution in [3.63, 3.8) is 0 Å². The highest BCUT2D eigenvalue weighted by molar-refractivity contribution is 6.08. The van der Waals surface area contributed by atoms with E-state index in [1.54, 1.807) is 30.3 Å². The molecule has 2 aromatic carbocycles. The molecular formula is C21H20N2O5. The number of hydrogen-bond donors (Lipinski definition) is 2. The van der Waals surface area contributed by atoms with Gasteiger partial charge in [-0.05, 0) is 24.6 Å². The monoisotopic (exact) mass is 380 g/mol. The Balaban J connectivity index is 1.84. The van der Waals surface area contributed by atoms with E-state index < -0.39 is 12.0 Å². The molecule has 3 aromatic rings. The number of carbonyl (C=O) groups excluding carboxylic acids is 2. The number of ketones is 2. The van der Waals surface area contributed by atoms with Crippen LogP contribution in [0.25, 0.3) is 22.1 Å². The van der Waals surface area contributed by atoms with E-state index in [1.165, 1.54) is 7.11 Å². The van der Waals surface area contributed by atoms with Crippen molar-refractivity contribution >= 4 is 33.6 Å². The summed E-state index contributed by atoms with van der Waals surface area (Å²) < 4.78 is 5.37. The molecule has 0 amide bonds. The molecule has 1 fully saturated rings. The minimum absolute atomic E-state index is 0.0490. The number of ether oxygens (including phenoxy) is 1. The Morgan fingerprint density at radius 1 is 1.18 bits per heavy atom. The first-order valence-electron chi connectivity index (χ1n) is 9.14. The van der Waals surface area contributed by atoms with Gasteiger partial charge in [-0.15, -0.1) is 0 Å². The Labute approximate surface area is 161 Å². The van der Waals surface area contributed by atoms with Gasteiger partial charge in [0.15, 0.2) is 5.78 Å². The average Bonchev–Trinajstić information content (AvgIpc) is 3.03. The maximum absolute atomic E-state index is 12.9. The molecule has 28 heavy (non-hydrogen) atoms. The van der Waals surface area contributed by atoms with Gasteiger partial charge in [0, 0.05) is 24.0 Å². The molecule has 7 heteroatoms. The third-order valence-electron chi connectivity index (χ3n) is 5.33. The third-order valence-corrected chi connectivity index (χ3v) is 5.33. The Kier molecular flexibility index (Phi) is 4.78. The lowest BCUT2D eigenvalue weighted by atomic mass is 9.94. The molecule has 0 spiro atoms. The van der Waals surface area contributed by atoms with Gasteiger partial charge < -0.3 is 14.9 Å². The van der Waals surface area contributed by atoms with Gasteiger partial charge >= 0.3 is 0 Å². The van der Waals surface area contributed by atoms with Crippen LogP contribution < -0.4 is 4.74 Å². The van der Waals surface area contributed by atoms with Crippen LogP contribution in [-0.2, 0) is 11.4 Å². The summed E-state index contributed by atoms with van der Waals surface area (Å²) in [5, 5.41) is 19.6. The standard InChI is InChI=1S/C21H20N2O5/c1-28-18-8-5-11(10-24)19-21(18)23-20-12(3-2-4-14(20)22-19)17(27)9-13-15(25)6-7-16(13)26/h2-5,8,13,15,24-25H,6-7,9-10H2,1H3. The third kappa shape index (κ3) is 3.02. The van der Waals surface area contributed by atoms with Crippen molar-refractivity contribution in [2.75, 3.05) is 7.11 Å². The number of carbonyl (C=O) groups is 2. The van der Waals surface area contributed by atoms with Crippen LogP contribution in [0.3, 0.4) is 0 Å². The number of para-hydroxylation sites is 1.